The minimum Gasteiger partial charge on any atom is -0.478 e. The third-order valence-corrected chi connectivity index (χ3v) is 5.19. The van der Waals surface area contributed by atoms with E-state index in [0.29, 0.717) is 24.9 Å². The van der Waals surface area contributed by atoms with E-state index in [1.165, 1.54) is 7.11 Å². The monoisotopic (exact) mass is 353 g/mol. The van der Waals surface area contributed by atoms with Gasteiger partial charge in [0.2, 0.25) is 0 Å². The highest BCUT2D eigenvalue weighted by Crippen LogP contribution is 2.37. The number of carbonyl (C=O) groups is 2. The summed E-state index contributed by atoms with van der Waals surface area (Å²) in [5.74, 6) is -1.10. The zero-order chi connectivity index (χ0) is 18.6. The van der Waals surface area contributed by atoms with Crippen molar-refractivity contribution in [2.45, 2.75) is 24.8 Å². The molecule has 0 bridgehead atoms. The molecule has 0 amide bonds. The van der Waals surface area contributed by atoms with E-state index in [4.69, 9.17) is 9.84 Å². The number of esters is 1. The first-order valence-electron chi connectivity index (χ1n) is 8.74. The van der Waals surface area contributed by atoms with Crippen LogP contribution >= 0.6 is 0 Å². The van der Waals surface area contributed by atoms with Crippen molar-refractivity contribution in [1.29, 1.82) is 0 Å². The first-order chi connectivity index (χ1) is 12.5. The summed E-state index contributed by atoms with van der Waals surface area (Å²) < 4.78 is 5.12. The van der Waals surface area contributed by atoms with E-state index in [9.17, 15) is 9.59 Å². The zero-order valence-electron chi connectivity index (χ0n) is 14.9. The maximum absolute atomic E-state index is 12.6. The lowest BCUT2D eigenvalue weighted by Gasteiger charge is -2.40. The highest BCUT2D eigenvalue weighted by atomic mass is 16.5. The summed E-state index contributed by atoms with van der Waals surface area (Å²) in [5.41, 5.74) is 1.66. The quantitative estimate of drug-likeness (QED) is 0.837. The van der Waals surface area contributed by atoms with Crippen molar-refractivity contribution >= 4 is 11.9 Å². The average molecular weight is 353 g/mol. The standard InChI is InChI=1S/C21H23NO4/c1-26-20(25)21(18-8-3-2-4-9-18)10-12-22(13-11-21)15-16-6-5-7-17(14-16)19(23)24/h2-9,14H,10-13,15H2,1H3,(H,23,24). The van der Waals surface area contributed by atoms with Gasteiger partial charge in [0.1, 0.15) is 0 Å². The molecule has 1 aliphatic heterocycles. The van der Waals surface area contributed by atoms with Crippen LogP contribution in [0.5, 0.6) is 0 Å². The van der Waals surface area contributed by atoms with Gasteiger partial charge in [-0.05, 0) is 49.2 Å². The summed E-state index contributed by atoms with van der Waals surface area (Å²) >= 11 is 0. The van der Waals surface area contributed by atoms with E-state index in [-0.39, 0.29) is 5.97 Å². The zero-order valence-corrected chi connectivity index (χ0v) is 14.9. The highest BCUT2D eigenvalue weighted by Gasteiger charge is 2.43. The molecule has 0 radical (unpaired) electrons. The summed E-state index contributed by atoms with van der Waals surface area (Å²) in [6.07, 6.45) is 1.37. The molecule has 5 nitrogen and oxygen atoms in total. The number of carboxylic acid groups (broad SMARTS) is 1. The summed E-state index contributed by atoms with van der Waals surface area (Å²) in [6, 6.07) is 16.8. The predicted octanol–water partition coefficient (Wildman–Crippen LogP) is 3.09. The van der Waals surface area contributed by atoms with Crippen LogP contribution in [-0.4, -0.2) is 42.1 Å². The van der Waals surface area contributed by atoms with Crippen LogP contribution in [0.1, 0.15) is 34.3 Å². The number of rotatable bonds is 5. The van der Waals surface area contributed by atoms with E-state index in [1.54, 1.807) is 18.2 Å². The Hall–Kier alpha value is -2.66. The average Bonchev–Trinajstić information content (AvgIpc) is 2.69. The molecule has 0 aromatic heterocycles. The van der Waals surface area contributed by atoms with E-state index in [2.05, 4.69) is 4.90 Å². The second kappa shape index (κ2) is 7.70. The highest BCUT2D eigenvalue weighted by molar-refractivity contribution is 5.87. The largest absolute Gasteiger partial charge is 0.478 e. The fraction of sp³-hybridized carbons (Fsp3) is 0.333. The molecule has 0 unspecified atom stereocenters. The second-order valence-corrected chi connectivity index (χ2v) is 6.72. The second-order valence-electron chi connectivity index (χ2n) is 6.72. The minimum atomic E-state index is -0.917. The van der Waals surface area contributed by atoms with Crippen molar-refractivity contribution in [1.82, 2.24) is 4.90 Å². The lowest BCUT2D eigenvalue weighted by atomic mass is 9.72. The molecule has 26 heavy (non-hydrogen) atoms. The fourth-order valence-electron chi connectivity index (χ4n) is 3.72. The Morgan fingerprint density at radius 2 is 1.77 bits per heavy atom. The lowest BCUT2D eigenvalue weighted by Crippen LogP contribution is -2.47. The first-order valence-corrected chi connectivity index (χ1v) is 8.74. The number of aromatic carboxylic acids is 1. The van der Waals surface area contributed by atoms with Crippen LogP contribution in [0, 0.1) is 0 Å². The third-order valence-electron chi connectivity index (χ3n) is 5.19. The van der Waals surface area contributed by atoms with E-state index < -0.39 is 11.4 Å². The number of carboxylic acids is 1. The fourth-order valence-corrected chi connectivity index (χ4v) is 3.72. The van der Waals surface area contributed by atoms with Gasteiger partial charge in [0, 0.05) is 6.54 Å². The molecule has 1 aliphatic rings. The van der Waals surface area contributed by atoms with E-state index in [0.717, 1.165) is 24.2 Å². The Morgan fingerprint density at radius 3 is 2.38 bits per heavy atom. The molecule has 0 spiro atoms. The maximum Gasteiger partial charge on any atom is 0.335 e. The molecule has 0 aliphatic carbocycles. The lowest BCUT2D eigenvalue weighted by molar-refractivity contribution is -0.149. The van der Waals surface area contributed by atoms with Gasteiger partial charge in [-0.25, -0.2) is 4.79 Å². The Morgan fingerprint density at radius 1 is 1.08 bits per heavy atom. The van der Waals surface area contributed by atoms with Gasteiger partial charge < -0.3 is 9.84 Å². The molecule has 2 aromatic carbocycles. The number of ether oxygens (including phenoxy) is 1. The van der Waals surface area contributed by atoms with Crippen molar-refractivity contribution in [3.8, 4) is 0 Å². The number of carbonyl (C=O) groups excluding carboxylic acids is 1. The molecule has 1 heterocycles. The van der Waals surface area contributed by atoms with Crippen LogP contribution < -0.4 is 0 Å². The van der Waals surface area contributed by atoms with E-state index >= 15 is 0 Å². The van der Waals surface area contributed by atoms with Gasteiger partial charge in [-0.1, -0.05) is 42.5 Å². The molecule has 1 saturated heterocycles. The van der Waals surface area contributed by atoms with Crippen molar-refractivity contribution in [3.05, 3.63) is 71.3 Å². The van der Waals surface area contributed by atoms with Gasteiger partial charge in [0.15, 0.2) is 0 Å². The maximum atomic E-state index is 12.6. The van der Waals surface area contributed by atoms with Crippen molar-refractivity contribution in [2.75, 3.05) is 20.2 Å². The Labute approximate surface area is 153 Å². The van der Waals surface area contributed by atoms with Gasteiger partial charge in [-0.3, -0.25) is 9.69 Å². The van der Waals surface area contributed by atoms with Gasteiger partial charge in [-0.15, -0.1) is 0 Å². The minimum absolute atomic E-state index is 0.184. The number of hydrogen-bond donors (Lipinski definition) is 1. The topological polar surface area (TPSA) is 66.8 Å². The van der Waals surface area contributed by atoms with Crippen LogP contribution in [0.2, 0.25) is 0 Å². The Bertz CT molecular complexity index is 780. The first kappa shape index (κ1) is 18.1. The molecule has 1 N–H and O–H groups in total. The van der Waals surface area contributed by atoms with Crippen molar-refractivity contribution in [3.63, 3.8) is 0 Å². The molecule has 1 fully saturated rings. The van der Waals surface area contributed by atoms with E-state index in [1.807, 2.05) is 36.4 Å². The van der Waals surface area contributed by atoms with Crippen molar-refractivity contribution < 1.29 is 19.4 Å². The normalized spacial score (nSPS) is 16.8. The molecule has 0 atom stereocenters. The van der Waals surface area contributed by atoms with Gasteiger partial charge in [0.05, 0.1) is 18.1 Å². The van der Waals surface area contributed by atoms with Gasteiger partial charge >= 0.3 is 11.9 Å². The molecular weight excluding hydrogens is 330 g/mol. The number of nitrogens with zero attached hydrogens (tertiary/aromatic N) is 1. The molecule has 0 saturated carbocycles. The summed E-state index contributed by atoms with van der Waals surface area (Å²) in [6.45, 7) is 2.18. The number of benzene rings is 2. The third kappa shape index (κ3) is 3.63. The van der Waals surface area contributed by atoms with Crippen LogP contribution in [0.4, 0.5) is 0 Å². The number of hydrogen-bond acceptors (Lipinski definition) is 4. The number of methoxy groups -OCH3 is 1. The number of piperidine rings is 1. The van der Waals surface area contributed by atoms with Crippen LogP contribution in [0.25, 0.3) is 0 Å². The Kier molecular flexibility index (Phi) is 5.38. The Balaban J connectivity index is 1.73. The van der Waals surface area contributed by atoms with Gasteiger partial charge in [0.25, 0.3) is 0 Å². The van der Waals surface area contributed by atoms with Crippen LogP contribution in [-0.2, 0) is 21.5 Å². The SMILES string of the molecule is COC(=O)C1(c2ccccc2)CCN(Cc2cccc(C(=O)O)c2)CC1. The van der Waals surface area contributed by atoms with Crippen LogP contribution in [0.15, 0.2) is 54.6 Å². The van der Waals surface area contributed by atoms with Crippen molar-refractivity contribution in [2.24, 2.45) is 0 Å². The summed E-state index contributed by atoms with van der Waals surface area (Å²) in [7, 11) is 1.44. The molecule has 3 rings (SSSR count). The van der Waals surface area contributed by atoms with Crippen LogP contribution in [0.3, 0.4) is 0 Å². The smallest absolute Gasteiger partial charge is 0.335 e. The predicted molar refractivity (Wildman–Crippen MR) is 98.0 cm³/mol. The summed E-state index contributed by atoms with van der Waals surface area (Å²) in [4.78, 5) is 26.0. The number of likely N-dealkylation sites (tertiary alicyclic amines) is 1. The summed E-state index contributed by atoms with van der Waals surface area (Å²) in [5, 5.41) is 9.13. The molecule has 2 aromatic rings. The molecule has 136 valence electrons. The molecule has 5 heteroatoms. The molecular formula is C21H23NO4. The van der Waals surface area contributed by atoms with Gasteiger partial charge in [-0.2, -0.15) is 0 Å².